The second-order valence-electron chi connectivity index (χ2n) is 2.31. The highest BCUT2D eigenvalue weighted by Crippen LogP contribution is 2.19. The van der Waals surface area contributed by atoms with Crippen LogP contribution in [0.3, 0.4) is 0 Å². The highest BCUT2D eigenvalue weighted by molar-refractivity contribution is 8.13. The number of aliphatic imine (C=N–C) groups is 1. The van der Waals surface area contributed by atoms with Crippen molar-refractivity contribution < 1.29 is 0 Å². The van der Waals surface area contributed by atoms with Gasteiger partial charge in [0.25, 0.3) is 0 Å². The van der Waals surface area contributed by atoms with E-state index in [4.69, 9.17) is 11.6 Å². The molecule has 0 spiro atoms. The number of rotatable bonds is 1. The van der Waals surface area contributed by atoms with E-state index in [1.165, 1.54) is 0 Å². The Kier molecular flexibility index (Phi) is 3.63. The molecule has 0 amide bonds. The van der Waals surface area contributed by atoms with Crippen molar-refractivity contribution in [3.05, 3.63) is 29.3 Å². The zero-order valence-electron chi connectivity index (χ0n) is 7.04. The van der Waals surface area contributed by atoms with E-state index in [0.717, 1.165) is 15.8 Å². The molecule has 0 aliphatic rings. The second kappa shape index (κ2) is 4.53. The van der Waals surface area contributed by atoms with Gasteiger partial charge in [-0.15, -0.1) is 11.8 Å². The van der Waals surface area contributed by atoms with Crippen molar-refractivity contribution in [3.63, 3.8) is 0 Å². The minimum absolute atomic E-state index is 0.727. The van der Waals surface area contributed by atoms with Gasteiger partial charge in [-0.2, -0.15) is 0 Å². The van der Waals surface area contributed by atoms with Crippen LogP contribution in [0.2, 0.25) is 5.02 Å². The first-order valence-electron chi connectivity index (χ1n) is 3.57. The summed E-state index contributed by atoms with van der Waals surface area (Å²) in [4.78, 5) is 4.33. The molecule has 0 fully saturated rings. The standard InChI is InChI=1S/C9H10ClNS/c1-7(12-2)11-9-5-3-4-8(10)6-9/h3-6H,1-2H3/b11-7+. The van der Waals surface area contributed by atoms with Gasteiger partial charge in [0.15, 0.2) is 0 Å². The van der Waals surface area contributed by atoms with Crippen molar-refractivity contribution in [3.8, 4) is 0 Å². The summed E-state index contributed by atoms with van der Waals surface area (Å²) in [7, 11) is 0. The quantitative estimate of drug-likeness (QED) is 0.496. The normalized spacial score (nSPS) is 11.8. The monoisotopic (exact) mass is 199 g/mol. The molecule has 0 saturated heterocycles. The minimum Gasteiger partial charge on any atom is -0.247 e. The SMILES string of the molecule is CS/C(C)=N/c1cccc(Cl)c1. The molecule has 3 heteroatoms. The fraction of sp³-hybridized carbons (Fsp3) is 0.222. The van der Waals surface area contributed by atoms with E-state index in [9.17, 15) is 0 Å². The summed E-state index contributed by atoms with van der Waals surface area (Å²) >= 11 is 7.43. The molecule has 0 aliphatic carbocycles. The van der Waals surface area contributed by atoms with Crippen molar-refractivity contribution in [1.29, 1.82) is 0 Å². The molecule has 0 N–H and O–H groups in total. The number of thioether (sulfide) groups is 1. The van der Waals surface area contributed by atoms with Crippen LogP contribution in [-0.4, -0.2) is 11.3 Å². The van der Waals surface area contributed by atoms with Crippen molar-refractivity contribution in [1.82, 2.24) is 0 Å². The number of nitrogens with zero attached hydrogens (tertiary/aromatic N) is 1. The Labute approximate surface area is 81.8 Å². The third-order valence-corrected chi connectivity index (χ3v) is 2.31. The first-order chi connectivity index (χ1) is 5.72. The van der Waals surface area contributed by atoms with Gasteiger partial charge in [-0.3, -0.25) is 0 Å². The van der Waals surface area contributed by atoms with E-state index in [0.29, 0.717) is 0 Å². The number of hydrogen-bond acceptors (Lipinski definition) is 2. The summed E-state index contributed by atoms with van der Waals surface area (Å²) in [5.74, 6) is 0. The molecular formula is C9H10ClNS. The van der Waals surface area contributed by atoms with E-state index in [1.54, 1.807) is 11.8 Å². The van der Waals surface area contributed by atoms with Gasteiger partial charge in [0.2, 0.25) is 0 Å². The van der Waals surface area contributed by atoms with Crippen LogP contribution in [0.1, 0.15) is 6.92 Å². The highest BCUT2D eigenvalue weighted by Gasteiger charge is 1.91. The van der Waals surface area contributed by atoms with Crippen molar-refractivity contribution in [2.45, 2.75) is 6.92 Å². The maximum atomic E-state index is 5.80. The van der Waals surface area contributed by atoms with Crippen LogP contribution in [0.5, 0.6) is 0 Å². The summed E-state index contributed by atoms with van der Waals surface area (Å²) < 4.78 is 0. The first-order valence-corrected chi connectivity index (χ1v) is 5.17. The lowest BCUT2D eigenvalue weighted by atomic mass is 10.3. The third kappa shape index (κ3) is 2.88. The summed E-state index contributed by atoms with van der Waals surface area (Å²) in [6, 6.07) is 7.52. The van der Waals surface area contributed by atoms with E-state index in [1.807, 2.05) is 37.4 Å². The van der Waals surface area contributed by atoms with E-state index < -0.39 is 0 Å². The lowest BCUT2D eigenvalue weighted by Crippen LogP contribution is -1.78. The van der Waals surface area contributed by atoms with Gasteiger partial charge in [0.05, 0.1) is 10.7 Å². The van der Waals surface area contributed by atoms with Crippen LogP contribution in [-0.2, 0) is 0 Å². The van der Waals surface area contributed by atoms with Crippen LogP contribution >= 0.6 is 23.4 Å². The van der Waals surface area contributed by atoms with Crippen molar-refractivity contribution in [2.75, 3.05) is 6.26 Å². The van der Waals surface area contributed by atoms with Gasteiger partial charge in [0, 0.05) is 5.02 Å². The molecule has 0 aliphatic heterocycles. The summed E-state index contributed by atoms with van der Waals surface area (Å²) in [6.45, 7) is 1.98. The molecular weight excluding hydrogens is 190 g/mol. The van der Waals surface area contributed by atoms with Crippen LogP contribution in [0, 0.1) is 0 Å². The Hall–Kier alpha value is -0.470. The highest BCUT2D eigenvalue weighted by atomic mass is 35.5. The predicted octanol–water partition coefficient (Wildman–Crippen LogP) is 3.75. The lowest BCUT2D eigenvalue weighted by Gasteiger charge is -1.96. The third-order valence-electron chi connectivity index (χ3n) is 1.39. The van der Waals surface area contributed by atoms with Gasteiger partial charge in [-0.25, -0.2) is 4.99 Å². The fourth-order valence-corrected chi connectivity index (χ4v) is 1.15. The molecule has 64 valence electrons. The molecule has 0 bridgehead atoms. The Morgan fingerprint density at radius 2 is 2.25 bits per heavy atom. The average Bonchev–Trinajstić information content (AvgIpc) is 2.04. The van der Waals surface area contributed by atoms with E-state index in [-0.39, 0.29) is 0 Å². The first kappa shape index (κ1) is 9.62. The summed E-state index contributed by atoms with van der Waals surface area (Å²) in [5, 5.41) is 1.77. The van der Waals surface area contributed by atoms with E-state index >= 15 is 0 Å². The predicted molar refractivity (Wildman–Crippen MR) is 57.7 cm³/mol. The maximum Gasteiger partial charge on any atom is 0.0704 e. The topological polar surface area (TPSA) is 12.4 Å². The molecule has 12 heavy (non-hydrogen) atoms. The fourth-order valence-electron chi connectivity index (χ4n) is 0.773. The van der Waals surface area contributed by atoms with Gasteiger partial charge in [-0.1, -0.05) is 17.7 Å². The number of halogens is 1. The molecule has 0 saturated carbocycles. The Balaban J connectivity index is 2.89. The smallest absolute Gasteiger partial charge is 0.0704 e. The molecule has 0 heterocycles. The molecule has 0 aromatic heterocycles. The summed E-state index contributed by atoms with van der Waals surface area (Å²) in [5.41, 5.74) is 0.911. The van der Waals surface area contributed by atoms with Crippen molar-refractivity contribution >= 4 is 34.1 Å². The minimum atomic E-state index is 0.727. The van der Waals surface area contributed by atoms with Gasteiger partial charge >= 0.3 is 0 Å². The molecule has 0 unspecified atom stereocenters. The van der Waals surface area contributed by atoms with Crippen LogP contribution < -0.4 is 0 Å². The van der Waals surface area contributed by atoms with Crippen LogP contribution in [0.4, 0.5) is 5.69 Å². The molecule has 0 radical (unpaired) electrons. The average molecular weight is 200 g/mol. The van der Waals surface area contributed by atoms with Crippen LogP contribution in [0.15, 0.2) is 29.3 Å². The van der Waals surface area contributed by atoms with Gasteiger partial charge < -0.3 is 0 Å². The zero-order chi connectivity index (χ0) is 8.97. The number of benzene rings is 1. The molecule has 0 atom stereocenters. The van der Waals surface area contributed by atoms with Crippen LogP contribution in [0.25, 0.3) is 0 Å². The Bertz CT molecular complexity index is 296. The van der Waals surface area contributed by atoms with Crippen molar-refractivity contribution in [2.24, 2.45) is 4.99 Å². The molecule has 1 aromatic carbocycles. The lowest BCUT2D eigenvalue weighted by molar-refractivity contribution is 1.52. The zero-order valence-corrected chi connectivity index (χ0v) is 8.62. The second-order valence-corrected chi connectivity index (χ2v) is 3.75. The molecule has 1 aromatic rings. The number of hydrogen-bond donors (Lipinski definition) is 0. The Morgan fingerprint density at radius 1 is 1.50 bits per heavy atom. The summed E-state index contributed by atoms with van der Waals surface area (Å²) in [6.07, 6.45) is 2.00. The molecule has 1 nitrogen and oxygen atoms in total. The molecule has 1 rings (SSSR count). The largest absolute Gasteiger partial charge is 0.247 e. The maximum absolute atomic E-state index is 5.80. The van der Waals surface area contributed by atoms with E-state index in [2.05, 4.69) is 4.99 Å². The van der Waals surface area contributed by atoms with Gasteiger partial charge in [-0.05, 0) is 31.4 Å². The van der Waals surface area contributed by atoms with Gasteiger partial charge in [0.1, 0.15) is 0 Å². The Morgan fingerprint density at radius 3 is 2.83 bits per heavy atom.